The van der Waals surface area contributed by atoms with Crippen LogP contribution in [-0.4, -0.2) is 37.6 Å². The number of anilines is 1. The average Bonchev–Trinajstić information content (AvgIpc) is 2.74. The van der Waals surface area contributed by atoms with Gasteiger partial charge in [-0.15, -0.1) is 0 Å². The summed E-state index contributed by atoms with van der Waals surface area (Å²) in [5.41, 5.74) is 2.44. The number of aliphatic hydroxyl groups is 1. The van der Waals surface area contributed by atoms with E-state index in [0.717, 1.165) is 22.4 Å². The number of rotatable bonds is 6. The van der Waals surface area contributed by atoms with Crippen LogP contribution in [0.15, 0.2) is 45.6 Å². The molecule has 0 bridgehead atoms. The highest BCUT2D eigenvalue weighted by Crippen LogP contribution is 2.32. The zero-order chi connectivity index (χ0) is 20.4. The van der Waals surface area contributed by atoms with E-state index < -0.39 is 6.10 Å². The largest absolute Gasteiger partial charge is 0.491 e. The summed E-state index contributed by atoms with van der Waals surface area (Å²) in [6, 6.07) is 10.9. The monoisotopic (exact) mass is 397 g/mol. The molecule has 1 atom stereocenters. The molecule has 1 aliphatic rings. The van der Waals surface area contributed by atoms with Crippen molar-refractivity contribution in [3.8, 4) is 17.2 Å². The van der Waals surface area contributed by atoms with Gasteiger partial charge in [0.15, 0.2) is 11.5 Å². The first-order valence-corrected chi connectivity index (χ1v) is 9.50. The van der Waals surface area contributed by atoms with Gasteiger partial charge < -0.3 is 29.1 Å². The van der Waals surface area contributed by atoms with Gasteiger partial charge in [0.25, 0.3) is 0 Å². The van der Waals surface area contributed by atoms with E-state index in [1.54, 1.807) is 19.1 Å². The molecule has 0 aliphatic carbocycles. The number of aryl methyl sites for hydroxylation is 1. The SMILES string of the molecule is Cc1c(C)c2ccc(OCC(O)CNc3ccc4c(c3)OCCO4)cc2oc1=O. The Balaban J connectivity index is 1.35. The predicted octanol–water partition coefficient (Wildman–Crippen LogP) is 3.03. The molecule has 2 N–H and O–H groups in total. The third kappa shape index (κ3) is 4.14. The van der Waals surface area contributed by atoms with Crippen LogP contribution in [-0.2, 0) is 0 Å². The zero-order valence-electron chi connectivity index (χ0n) is 16.4. The van der Waals surface area contributed by atoms with E-state index in [9.17, 15) is 9.90 Å². The topological polar surface area (TPSA) is 90.2 Å². The molecule has 1 aromatic heterocycles. The van der Waals surface area contributed by atoms with Crippen LogP contribution in [0.1, 0.15) is 11.1 Å². The molecule has 0 spiro atoms. The van der Waals surface area contributed by atoms with E-state index in [1.165, 1.54) is 0 Å². The van der Waals surface area contributed by atoms with Gasteiger partial charge in [-0.2, -0.15) is 0 Å². The first-order chi connectivity index (χ1) is 14.0. The molecule has 1 unspecified atom stereocenters. The first-order valence-electron chi connectivity index (χ1n) is 9.50. The zero-order valence-corrected chi connectivity index (χ0v) is 16.4. The number of hydrogen-bond acceptors (Lipinski definition) is 7. The third-order valence-corrected chi connectivity index (χ3v) is 4.95. The number of ether oxygens (including phenoxy) is 3. The molecule has 0 saturated carbocycles. The predicted molar refractivity (Wildman–Crippen MR) is 109 cm³/mol. The van der Waals surface area contributed by atoms with E-state index in [2.05, 4.69) is 5.32 Å². The summed E-state index contributed by atoms with van der Waals surface area (Å²) in [6.45, 7) is 5.11. The quantitative estimate of drug-likeness (QED) is 0.618. The number of benzene rings is 2. The summed E-state index contributed by atoms with van der Waals surface area (Å²) >= 11 is 0. The van der Waals surface area contributed by atoms with E-state index in [-0.39, 0.29) is 12.2 Å². The van der Waals surface area contributed by atoms with E-state index in [4.69, 9.17) is 18.6 Å². The molecule has 152 valence electrons. The average molecular weight is 397 g/mol. The maximum atomic E-state index is 11.9. The van der Waals surface area contributed by atoms with Crippen LogP contribution in [0.4, 0.5) is 5.69 Å². The molecule has 29 heavy (non-hydrogen) atoms. The molecule has 0 fully saturated rings. The molecule has 4 rings (SSSR count). The van der Waals surface area contributed by atoms with Gasteiger partial charge in [0.2, 0.25) is 0 Å². The van der Waals surface area contributed by atoms with Gasteiger partial charge in [-0.3, -0.25) is 0 Å². The lowest BCUT2D eigenvalue weighted by atomic mass is 10.1. The summed E-state index contributed by atoms with van der Waals surface area (Å²) in [6.07, 6.45) is -0.731. The minimum absolute atomic E-state index is 0.0954. The molecule has 0 amide bonds. The number of nitrogens with one attached hydrogen (secondary N) is 1. The minimum atomic E-state index is -0.731. The Morgan fingerprint density at radius 2 is 1.86 bits per heavy atom. The van der Waals surface area contributed by atoms with Crippen molar-refractivity contribution in [2.45, 2.75) is 20.0 Å². The fraction of sp³-hybridized carbons (Fsp3) is 0.318. The molecular weight excluding hydrogens is 374 g/mol. The Labute approximate surface area is 167 Å². The van der Waals surface area contributed by atoms with Crippen LogP contribution < -0.4 is 25.2 Å². The molecule has 2 heterocycles. The highest BCUT2D eigenvalue weighted by Gasteiger charge is 2.13. The normalized spacial score (nSPS) is 13.9. The second kappa shape index (κ2) is 8.05. The third-order valence-electron chi connectivity index (χ3n) is 4.95. The van der Waals surface area contributed by atoms with Gasteiger partial charge >= 0.3 is 5.63 Å². The second-order valence-corrected chi connectivity index (χ2v) is 7.00. The van der Waals surface area contributed by atoms with Crippen molar-refractivity contribution in [2.24, 2.45) is 0 Å². The molecule has 1 aliphatic heterocycles. The summed E-state index contributed by atoms with van der Waals surface area (Å²) in [5.74, 6) is 1.94. The molecule has 0 radical (unpaired) electrons. The molecule has 7 heteroatoms. The lowest BCUT2D eigenvalue weighted by Crippen LogP contribution is -2.26. The van der Waals surface area contributed by atoms with Crippen LogP contribution in [0.25, 0.3) is 11.0 Å². The lowest BCUT2D eigenvalue weighted by molar-refractivity contribution is 0.117. The molecule has 3 aromatic rings. The van der Waals surface area contributed by atoms with E-state index >= 15 is 0 Å². The Kier molecular flexibility index (Phi) is 5.31. The van der Waals surface area contributed by atoms with Gasteiger partial charge in [-0.1, -0.05) is 0 Å². The Bertz CT molecular complexity index is 1090. The fourth-order valence-corrected chi connectivity index (χ4v) is 3.16. The van der Waals surface area contributed by atoms with Gasteiger partial charge in [-0.05, 0) is 43.7 Å². The highest BCUT2D eigenvalue weighted by atomic mass is 16.6. The van der Waals surface area contributed by atoms with Crippen molar-refractivity contribution in [1.82, 2.24) is 0 Å². The van der Waals surface area contributed by atoms with Crippen LogP contribution >= 0.6 is 0 Å². The van der Waals surface area contributed by atoms with E-state index in [1.807, 2.05) is 31.2 Å². The lowest BCUT2D eigenvalue weighted by Gasteiger charge is -2.20. The molecular formula is C22H23NO6. The van der Waals surface area contributed by atoms with E-state index in [0.29, 0.717) is 42.4 Å². The summed E-state index contributed by atoms with van der Waals surface area (Å²) in [5, 5.41) is 14.3. The van der Waals surface area contributed by atoms with Gasteiger partial charge in [0.05, 0.1) is 0 Å². The van der Waals surface area contributed by atoms with Crippen molar-refractivity contribution >= 4 is 16.7 Å². The van der Waals surface area contributed by atoms with Crippen molar-refractivity contribution in [3.63, 3.8) is 0 Å². The Hall–Kier alpha value is -3.19. The summed E-state index contributed by atoms with van der Waals surface area (Å²) in [4.78, 5) is 11.9. The first kappa shape index (κ1) is 19.1. The summed E-state index contributed by atoms with van der Waals surface area (Å²) < 4.78 is 22.1. The van der Waals surface area contributed by atoms with Crippen LogP contribution in [0, 0.1) is 13.8 Å². The van der Waals surface area contributed by atoms with Crippen molar-refractivity contribution in [1.29, 1.82) is 0 Å². The van der Waals surface area contributed by atoms with Gasteiger partial charge in [0, 0.05) is 35.3 Å². The number of hydrogen-bond donors (Lipinski definition) is 2. The molecule has 7 nitrogen and oxygen atoms in total. The molecule has 2 aromatic carbocycles. The fourth-order valence-electron chi connectivity index (χ4n) is 3.16. The van der Waals surface area contributed by atoms with Crippen LogP contribution in [0.5, 0.6) is 17.2 Å². The van der Waals surface area contributed by atoms with Crippen LogP contribution in [0.2, 0.25) is 0 Å². The van der Waals surface area contributed by atoms with Gasteiger partial charge in [0.1, 0.15) is 37.3 Å². The van der Waals surface area contributed by atoms with Gasteiger partial charge in [-0.25, -0.2) is 4.79 Å². The Morgan fingerprint density at radius 1 is 1.07 bits per heavy atom. The number of fused-ring (bicyclic) bond motifs is 2. The van der Waals surface area contributed by atoms with Crippen molar-refractivity contribution < 1.29 is 23.7 Å². The standard InChI is InChI=1S/C22H23NO6/c1-13-14(2)22(25)29-20-10-17(4-5-18(13)20)28-12-16(24)11-23-15-3-6-19-21(9-15)27-8-7-26-19/h3-6,9-10,16,23-24H,7-8,11-12H2,1-2H3. The number of aliphatic hydroxyl groups excluding tert-OH is 1. The minimum Gasteiger partial charge on any atom is -0.491 e. The van der Waals surface area contributed by atoms with Crippen molar-refractivity contribution in [3.05, 3.63) is 57.9 Å². The van der Waals surface area contributed by atoms with Crippen molar-refractivity contribution in [2.75, 3.05) is 31.7 Å². The maximum absolute atomic E-state index is 11.9. The Morgan fingerprint density at radius 3 is 2.69 bits per heavy atom. The summed E-state index contributed by atoms with van der Waals surface area (Å²) in [7, 11) is 0. The smallest absolute Gasteiger partial charge is 0.339 e. The van der Waals surface area contributed by atoms with Crippen LogP contribution in [0.3, 0.4) is 0 Å². The maximum Gasteiger partial charge on any atom is 0.339 e. The highest BCUT2D eigenvalue weighted by molar-refractivity contribution is 5.82. The second-order valence-electron chi connectivity index (χ2n) is 7.00. The molecule has 0 saturated heterocycles.